The molecule has 1 aromatic heterocycles. The van der Waals surface area contributed by atoms with Gasteiger partial charge in [0.15, 0.2) is 0 Å². The van der Waals surface area contributed by atoms with Crippen LogP contribution in [0.25, 0.3) is 0 Å². The van der Waals surface area contributed by atoms with Crippen LogP contribution in [0.5, 0.6) is 0 Å². The summed E-state index contributed by atoms with van der Waals surface area (Å²) in [5, 5.41) is 11.2. The van der Waals surface area contributed by atoms with Gasteiger partial charge in [0.2, 0.25) is 0 Å². The Morgan fingerprint density at radius 2 is 2.07 bits per heavy atom. The summed E-state index contributed by atoms with van der Waals surface area (Å²) >= 11 is 0. The molecule has 0 spiro atoms. The zero-order valence-corrected chi connectivity index (χ0v) is 17.0. The summed E-state index contributed by atoms with van der Waals surface area (Å²) < 4.78 is 7.47. The lowest BCUT2D eigenvalue weighted by atomic mass is 9.73. The van der Waals surface area contributed by atoms with Crippen LogP contribution in [0, 0.1) is 5.41 Å². The summed E-state index contributed by atoms with van der Waals surface area (Å²) in [6.45, 7) is 7.51. The zero-order chi connectivity index (χ0) is 19.2. The first-order valence-electron chi connectivity index (χ1n) is 11.1. The van der Waals surface area contributed by atoms with Crippen molar-refractivity contribution in [1.82, 2.24) is 25.3 Å². The summed E-state index contributed by atoms with van der Waals surface area (Å²) in [4.78, 5) is 15.3. The third kappa shape index (κ3) is 4.93. The number of morpholine rings is 1. The highest BCUT2D eigenvalue weighted by Gasteiger charge is 2.35. The Hall–Kier alpha value is -1.44. The fourth-order valence-corrected chi connectivity index (χ4v) is 5.01. The van der Waals surface area contributed by atoms with E-state index >= 15 is 0 Å². The van der Waals surface area contributed by atoms with E-state index in [1.807, 2.05) is 16.9 Å². The molecule has 1 atom stereocenters. The number of rotatable bonds is 6. The minimum atomic E-state index is -0.0329. The quantitative estimate of drug-likeness (QED) is 0.777. The second kappa shape index (κ2) is 9.37. The molecule has 0 radical (unpaired) electrons. The minimum absolute atomic E-state index is 0.0329. The van der Waals surface area contributed by atoms with Gasteiger partial charge in [-0.2, -0.15) is 5.10 Å². The van der Waals surface area contributed by atoms with E-state index in [4.69, 9.17) is 4.74 Å². The second-order valence-corrected chi connectivity index (χ2v) is 8.81. The Morgan fingerprint density at radius 1 is 1.25 bits per heavy atom. The van der Waals surface area contributed by atoms with Crippen molar-refractivity contribution in [2.24, 2.45) is 5.41 Å². The lowest BCUT2D eigenvalue weighted by molar-refractivity contribution is 0.00726. The lowest BCUT2D eigenvalue weighted by Crippen LogP contribution is -2.49. The third-order valence-corrected chi connectivity index (χ3v) is 6.69. The molecule has 3 heterocycles. The number of hydrogen-bond acceptors (Lipinski definition) is 5. The molecule has 1 amide bonds. The molecule has 1 aromatic rings. The molecule has 0 aromatic carbocycles. The van der Waals surface area contributed by atoms with Crippen LogP contribution >= 0.6 is 0 Å². The molecule has 1 saturated carbocycles. The van der Waals surface area contributed by atoms with Crippen molar-refractivity contribution in [3.05, 3.63) is 18.0 Å². The van der Waals surface area contributed by atoms with Crippen LogP contribution < -0.4 is 10.6 Å². The topological polar surface area (TPSA) is 71.4 Å². The van der Waals surface area contributed by atoms with Gasteiger partial charge in [-0.1, -0.05) is 19.3 Å². The van der Waals surface area contributed by atoms with Gasteiger partial charge in [-0.05, 0) is 38.3 Å². The van der Waals surface area contributed by atoms with Crippen molar-refractivity contribution >= 4 is 5.91 Å². The van der Waals surface area contributed by atoms with Crippen LogP contribution in [0.1, 0.15) is 61.5 Å². The van der Waals surface area contributed by atoms with Crippen LogP contribution in [0.2, 0.25) is 0 Å². The maximum absolute atomic E-state index is 12.8. The average Bonchev–Trinajstić information content (AvgIpc) is 3.25. The predicted molar refractivity (Wildman–Crippen MR) is 108 cm³/mol. The number of aromatic nitrogens is 2. The third-order valence-electron chi connectivity index (χ3n) is 6.69. The number of nitrogens with one attached hydrogen (secondary N) is 2. The molecule has 3 fully saturated rings. The number of nitrogens with zero attached hydrogens (tertiary/aromatic N) is 3. The first kappa shape index (κ1) is 19.9. The van der Waals surface area contributed by atoms with Crippen molar-refractivity contribution in [3.63, 3.8) is 0 Å². The Labute approximate surface area is 168 Å². The van der Waals surface area contributed by atoms with E-state index < -0.39 is 0 Å². The Balaban J connectivity index is 1.35. The summed E-state index contributed by atoms with van der Waals surface area (Å²) in [5.41, 5.74) is 0.740. The molecule has 1 aliphatic carbocycles. The molecule has 1 unspecified atom stereocenters. The first-order valence-corrected chi connectivity index (χ1v) is 11.1. The predicted octanol–water partition coefficient (Wildman–Crippen LogP) is 1.82. The molecule has 2 N–H and O–H groups in total. The van der Waals surface area contributed by atoms with Gasteiger partial charge in [0.1, 0.15) is 5.69 Å². The van der Waals surface area contributed by atoms with Gasteiger partial charge >= 0.3 is 0 Å². The van der Waals surface area contributed by atoms with Crippen molar-refractivity contribution in [2.45, 2.75) is 51.0 Å². The zero-order valence-electron chi connectivity index (χ0n) is 17.0. The van der Waals surface area contributed by atoms with Crippen LogP contribution in [-0.4, -0.2) is 73.1 Å². The maximum atomic E-state index is 12.8. The van der Waals surface area contributed by atoms with E-state index in [9.17, 15) is 4.79 Å². The average molecular weight is 390 g/mol. The number of carbonyl (C=O) groups is 1. The van der Waals surface area contributed by atoms with Gasteiger partial charge in [-0.25, -0.2) is 0 Å². The number of hydrogen-bond donors (Lipinski definition) is 2. The summed E-state index contributed by atoms with van der Waals surface area (Å²) in [6.07, 6.45) is 10.5. The maximum Gasteiger partial charge on any atom is 0.271 e. The fourth-order valence-electron chi connectivity index (χ4n) is 5.01. The van der Waals surface area contributed by atoms with Gasteiger partial charge in [-0.3, -0.25) is 14.4 Å². The SMILES string of the molecule is O=C(NCC1(CN2CCOCC2)CCCCC1)c1ccn(C2CCCNC2)n1. The van der Waals surface area contributed by atoms with Crippen molar-refractivity contribution in [1.29, 1.82) is 0 Å². The highest BCUT2D eigenvalue weighted by atomic mass is 16.5. The second-order valence-electron chi connectivity index (χ2n) is 8.81. The molecule has 7 nitrogen and oxygen atoms in total. The molecule has 28 heavy (non-hydrogen) atoms. The monoisotopic (exact) mass is 389 g/mol. The molecular weight excluding hydrogens is 354 g/mol. The van der Waals surface area contributed by atoms with E-state index in [2.05, 4.69) is 20.6 Å². The van der Waals surface area contributed by atoms with Crippen LogP contribution in [0.4, 0.5) is 0 Å². The van der Waals surface area contributed by atoms with Crippen molar-refractivity contribution < 1.29 is 9.53 Å². The lowest BCUT2D eigenvalue weighted by Gasteiger charge is -2.42. The van der Waals surface area contributed by atoms with E-state index in [0.29, 0.717) is 11.7 Å². The number of ether oxygens (including phenoxy) is 1. The highest BCUT2D eigenvalue weighted by Crippen LogP contribution is 2.36. The first-order chi connectivity index (χ1) is 13.7. The molecule has 3 aliphatic rings. The molecular formula is C21H35N5O2. The Morgan fingerprint density at radius 3 is 2.82 bits per heavy atom. The number of piperidine rings is 1. The van der Waals surface area contributed by atoms with Crippen LogP contribution in [0.15, 0.2) is 12.3 Å². The molecule has 7 heteroatoms. The smallest absolute Gasteiger partial charge is 0.271 e. The summed E-state index contributed by atoms with van der Waals surface area (Å²) in [7, 11) is 0. The summed E-state index contributed by atoms with van der Waals surface area (Å²) in [6, 6.07) is 2.22. The van der Waals surface area contributed by atoms with Crippen molar-refractivity contribution in [2.75, 3.05) is 52.5 Å². The van der Waals surface area contributed by atoms with Gasteiger partial charge < -0.3 is 15.4 Å². The van der Waals surface area contributed by atoms with Gasteiger partial charge in [0.05, 0.1) is 19.3 Å². The van der Waals surface area contributed by atoms with Gasteiger partial charge in [0, 0.05) is 44.3 Å². The van der Waals surface area contributed by atoms with E-state index in [-0.39, 0.29) is 11.3 Å². The largest absolute Gasteiger partial charge is 0.379 e. The fraction of sp³-hybridized carbons (Fsp3) is 0.810. The standard InChI is InChI=1S/C21H35N5O2/c27-20(19-6-10-26(24-19)18-5-4-9-22-15-18)23-16-21(7-2-1-3-8-21)17-25-11-13-28-14-12-25/h6,10,18,22H,1-5,7-9,11-17H2,(H,23,27). The molecule has 2 aliphatic heterocycles. The highest BCUT2D eigenvalue weighted by molar-refractivity contribution is 5.92. The van der Waals surface area contributed by atoms with Crippen LogP contribution in [-0.2, 0) is 4.74 Å². The Bertz CT molecular complexity index is 628. The molecule has 4 rings (SSSR count). The van der Waals surface area contributed by atoms with E-state index in [0.717, 1.165) is 65.3 Å². The van der Waals surface area contributed by atoms with E-state index in [1.165, 1.54) is 32.1 Å². The molecule has 2 saturated heterocycles. The number of amides is 1. The summed E-state index contributed by atoms with van der Waals surface area (Å²) in [5.74, 6) is -0.0329. The molecule has 0 bridgehead atoms. The van der Waals surface area contributed by atoms with Crippen molar-refractivity contribution in [3.8, 4) is 0 Å². The Kier molecular flexibility index (Phi) is 6.65. The van der Waals surface area contributed by atoms with E-state index in [1.54, 1.807) is 0 Å². The van der Waals surface area contributed by atoms with Gasteiger partial charge in [-0.15, -0.1) is 0 Å². The molecule has 156 valence electrons. The van der Waals surface area contributed by atoms with Gasteiger partial charge in [0.25, 0.3) is 5.91 Å². The normalized spacial score (nSPS) is 26.1. The van der Waals surface area contributed by atoms with Crippen LogP contribution in [0.3, 0.4) is 0 Å². The minimum Gasteiger partial charge on any atom is -0.379 e. The number of carbonyl (C=O) groups excluding carboxylic acids is 1.